The fourth-order valence-electron chi connectivity index (χ4n) is 2.18. The van der Waals surface area contributed by atoms with E-state index in [0.29, 0.717) is 19.4 Å². The van der Waals surface area contributed by atoms with Crippen LogP contribution in [0.25, 0.3) is 0 Å². The maximum Gasteiger partial charge on any atom is 0.249 e. The fourth-order valence-corrected chi connectivity index (χ4v) is 2.18. The number of rotatable bonds is 7. The SMILES string of the molecule is CCC(OC1CCCCC1)C(=O)NCCCO. The first-order valence-electron chi connectivity index (χ1n) is 6.82. The van der Waals surface area contributed by atoms with Gasteiger partial charge in [0, 0.05) is 13.2 Å². The molecule has 17 heavy (non-hydrogen) atoms. The van der Waals surface area contributed by atoms with Crippen molar-refractivity contribution in [2.24, 2.45) is 0 Å². The first-order valence-corrected chi connectivity index (χ1v) is 6.82. The molecule has 0 aromatic carbocycles. The van der Waals surface area contributed by atoms with Crippen molar-refractivity contribution in [1.82, 2.24) is 5.32 Å². The molecule has 1 saturated carbocycles. The second-order valence-electron chi connectivity index (χ2n) is 4.66. The van der Waals surface area contributed by atoms with Gasteiger partial charge in [-0.1, -0.05) is 26.2 Å². The number of aliphatic hydroxyl groups excluding tert-OH is 1. The number of carbonyl (C=O) groups excluding carboxylic acids is 1. The Morgan fingerprint density at radius 1 is 1.41 bits per heavy atom. The topological polar surface area (TPSA) is 58.6 Å². The lowest BCUT2D eigenvalue weighted by Gasteiger charge is -2.26. The van der Waals surface area contributed by atoms with Crippen molar-refractivity contribution in [1.29, 1.82) is 0 Å². The van der Waals surface area contributed by atoms with E-state index in [1.165, 1.54) is 19.3 Å². The highest BCUT2D eigenvalue weighted by Gasteiger charge is 2.22. The van der Waals surface area contributed by atoms with Crippen LogP contribution in [0.4, 0.5) is 0 Å². The van der Waals surface area contributed by atoms with Crippen molar-refractivity contribution in [3.63, 3.8) is 0 Å². The van der Waals surface area contributed by atoms with E-state index in [0.717, 1.165) is 12.8 Å². The van der Waals surface area contributed by atoms with Crippen LogP contribution >= 0.6 is 0 Å². The highest BCUT2D eigenvalue weighted by molar-refractivity contribution is 5.80. The summed E-state index contributed by atoms with van der Waals surface area (Å²) < 4.78 is 5.86. The van der Waals surface area contributed by atoms with Crippen molar-refractivity contribution in [3.8, 4) is 0 Å². The number of ether oxygens (including phenoxy) is 1. The largest absolute Gasteiger partial charge is 0.396 e. The molecule has 1 unspecified atom stereocenters. The molecule has 4 heteroatoms. The minimum Gasteiger partial charge on any atom is -0.396 e. The van der Waals surface area contributed by atoms with Crippen LogP contribution in [0, 0.1) is 0 Å². The van der Waals surface area contributed by atoms with E-state index < -0.39 is 0 Å². The fraction of sp³-hybridized carbons (Fsp3) is 0.923. The molecule has 1 aliphatic rings. The molecule has 4 nitrogen and oxygen atoms in total. The molecule has 1 atom stereocenters. The Bertz CT molecular complexity index is 215. The van der Waals surface area contributed by atoms with Crippen LogP contribution in [-0.2, 0) is 9.53 Å². The third-order valence-corrected chi connectivity index (χ3v) is 3.21. The van der Waals surface area contributed by atoms with Gasteiger partial charge in [-0.15, -0.1) is 0 Å². The number of amides is 1. The summed E-state index contributed by atoms with van der Waals surface area (Å²) in [7, 11) is 0. The van der Waals surface area contributed by atoms with Gasteiger partial charge in [0.2, 0.25) is 5.91 Å². The van der Waals surface area contributed by atoms with E-state index in [9.17, 15) is 4.79 Å². The first-order chi connectivity index (χ1) is 8.27. The van der Waals surface area contributed by atoms with E-state index >= 15 is 0 Å². The Labute approximate surface area is 104 Å². The molecule has 1 aliphatic carbocycles. The third kappa shape index (κ3) is 5.50. The zero-order chi connectivity index (χ0) is 12.5. The Morgan fingerprint density at radius 3 is 2.71 bits per heavy atom. The third-order valence-electron chi connectivity index (χ3n) is 3.21. The quantitative estimate of drug-likeness (QED) is 0.668. The second-order valence-corrected chi connectivity index (χ2v) is 4.66. The minimum atomic E-state index is -0.322. The van der Waals surface area contributed by atoms with Crippen LogP contribution < -0.4 is 5.32 Å². The normalized spacial score (nSPS) is 18.9. The monoisotopic (exact) mass is 243 g/mol. The van der Waals surface area contributed by atoms with Crippen LogP contribution in [0.2, 0.25) is 0 Å². The van der Waals surface area contributed by atoms with E-state index in [-0.39, 0.29) is 24.7 Å². The molecule has 0 aromatic rings. The smallest absolute Gasteiger partial charge is 0.249 e. The van der Waals surface area contributed by atoms with Crippen LogP contribution in [0.15, 0.2) is 0 Å². The predicted octanol–water partition coefficient (Wildman–Crippen LogP) is 1.61. The molecule has 0 spiro atoms. The van der Waals surface area contributed by atoms with Gasteiger partial charge in [-0.3, -0.25) is 4.79 Å². The van der Waals surface area contributed by atoms with Gasteiger partial charge in [-0.25, -0.2) is 0 Å². The molecular formula is C13H25NO3. The number of carbonyl (C=O) groups is 1. The Balaban J connectivity index is 2.27. The predicted molar refractivity (Wildman–Crippen MR) is 66.7 cm³/mol. The molecule has 2 N–H and O–H groups in total. The summed E-state index contributed by atoms with van der Waals surface area (Å²) in [5, 5.41) is 11.5. The van der Waals surface area contributed by atoms with Gasteiger partial charge in [0.1, 0.15) is 6.10 Å². The van der Waals surface area contributed by atoms with Crippen molar-refractivity contribution in [3.05, 3.63) is 0 Å². The summed E-state index contributed by atoms with van der Waals surface area (Å²) in [6, 6.07) is 0. The summed E-state index contributed by atoms with van der Waals surface area (Å²) in [6.45, 7) is 2.61. The second kappa shape index (κ2) is 8.48. The number of nitrogens with one attached hydrogen (secondary N) is 1. The van der Waals surface area contributed by atoms with Gasteiger partial charge in [0.15, 0.2) is 0 Å². The summed E-state index contributed by atoms with van der Waals surface area (Å²) >= 11 is 0. The van der Waals surface area contributed by atoms with E-state index in [4.69, 9.17) is 9.84 Å². The van der Waals surface area contributed by atoms with Gasteiger partial charge in [-0.2, -0.15) is 0 Å². The minimum absolute atomic E-state index is 0.0356. The van der Waals surface area contributed by atoms with Crippen molar-refractivity contribution < 1.29 is 14.6 Å². The van der Waals surface area contributed by atoms with E-state index in [1.54, 1.807) is 0 Å². The summed E-state index contributed by atoms with van der Waals surface area (Å²) in [5.74, 6) is -0.0356. The molecule has 1 rings (SSSR count). The molecule has 1 amide bonds. The standard InChI is InChI=1S/C13H25NO3/c1-2-12(13(16)14-9-6-10-15)17-11-7-4-3-5-8-11/h11-12,15H,2-10H2,1H3,(H,14,16). The summed E-state index contributed by atoms with van der Waals surface area (Å²) in [4.78, 5) is 11.8. The van der Waals surface area contributed by atoms with E-state index in [1.807, 2.05) is 6.92 Å². The molecule has 0 aromatic heterocycles. The summed E-state index contributed by atoms with van der Waals surface area (Å²) in [5.41, 5.74) is 0. The molecule has 0 radical (unpaired) electrons. The molecule has 0 aliphatic heterocycles. The highest BCUT2D eigenvalue weighted by Crippen LogP contribution is 2.22. The maximum absolute atomic E-state index is 11.8. The van der Waals surface area contributed by atoms with Crippen LogP contribution in [0.1, 0.15) is 51.9 Å². The van der Waals surface area contributed by atoms with Crippen LogP contribution in [0.3, 0.4) is 0 Å². The van der Waals surface area contributed by atoms with Gasteiger partial charge < -0.3 is 15.2 Å². The van der Waals surface area contributed by atoms with Gasteiger partial charge >= 0.3 is 0 Å². The van der Waals surface area contributed by atoms with E-state index in [2.05, 4.69) is 5.32 Å². The maximum atomic E-state index is 11.8. The highest BCUT2D eigenvalue weighted by atomic mass is 16.5. The molecule has 0 saturated heterocycles. The lowest BCUT2D eigenvalue weighted by molar-refractivity contribution is -0.138. The zero-order valence-corrected chi connectivity index (χ0v) is 10.8. The molecule has 0 heterocycles. The molecule has 1 fully saturated rings. The Kier molecular flexibility index (Phi) is 7.21. The van der Waals surface area contributed by atoms with Gasteiger partial charge in [0.25, 0.3) is 0 Å². The number of hydrogen-bond donors (Lipinski definition) is 2. The Morgan fingerprint density at radius 2 is 2.12 bits per heavy atom. The zero-order valence-electron chi connectivity index (χ0n) is 10.8. The number of hydrogen-bond acceptors (Lipinski definition) is 3. The molecule has 100 valence electrons. The number of aliphatic hydroxyl groups is 1. The van der Waals surface area contributed by atoms with Gasteiger partial charge in [0.05, 0.1) is 6.10 Å². The average Bonchev–Trinajstić information content (AvgIpc) is 2.37. The van der Waals surface area contributed by atoms with Crippen LogP contribution in [-0.4, -0.2) is 36.4 Å². The lowest BCUT2D eigenvalue weighted by Crippen LogP contribution is -2.39. The van der Waals surface area contributed by atoms with Crippen molar-refractivity contribution in [2.75, 3.05) is 13.2 Å². The Hall–Kier alpha value is -0.610. The molecular weight excluding hydrogens is 218 g/mol. The first kappa shape index (κ1) is 14.5. The van der Waals surface area contributed by atoms with Gasteiger partial charge in [-0.05, 0) is 25.7 Å². The summed E-state index contributed by atoms with van der Waals surface area (Å²) in [6.07, 6.45) is 7.14. The average molecular weight is 243 g/mol. The molecule has 0 bridgehead atoms. The van der Waals surface area contributed by atoms with Crippen molar-refractivity contribution >= 4 is 5.91 Å². The van der Waals surface area contributed by atoms with Crippen molar-refractivity contribution in [2.45, 2.75) is 64.1 Å². The lowest BCUT2D eigenvalue weighted by atomic mass is 9.97. The van der Waals surface area contributed by atoms with Crippen LogP contribution in [0.5, 0.6) is 0 Å².